The Hall–Kier alpha value is -0.860. The van der Waals surface area contributed by atoms with E-state index in [1.165, 1.54) is 12.8 Å². The lowest BCUT2D eigenvalue weighted by Gasteiger charge is -1.92. The largest absolute Gasteiger partial charge is 0.339 e. The Morgan fingerprint density at radius 1 is 1.50 bits per heavy atom. The van der Waals surface area contributed by atoms with Gasteiger partial charge < -0.3 is 4.52 Å². The summed E-state index contributed by atoms with van der Waals surface area (Å²) in [7, 11) is 0. The molecule has 3 heteroatoms. The van der Waals surface area contributed by atoms with Gasteiger partial charge in [0.15, 0.2) is 5.82 Å². The molecule has 0 amide bonds. The molecule has 0 N–H and O–H groups in total. The lowest BCUT2D eigenvalue weighted by molar-refractivity contribution is 0.366. The predicted molar refractivity (Wildman–Crippen MR) is 44.8 cm³/mol. The average molecular weight is 166 g/mol. The Morgan fingerprint density at radius 3 is 2.75 bits per heavy atom. The number of hydrogen-bond acceptors (Lipinski definition) is 3. The maximum atomic E-state index is 5.12. The molecule has 1 aromatic rings. The first-order valence-corrected chi connectivity index (χ1v) is 4.58. The smallest absolute Gasteiger partial charge is 0.226 e. The molecule has 0 saturated heterocycles. The molecule has 1 aliphatic rings. The van der Waals surface area contributed by atoms with Crippen molar-refractivity contribution in [3.63, 3.8) is 0 Å². The van der Waals surface area contributed by atoms with Crippen LogP contribution in [0.1, 0.15) is 44.3 Å². The number of nitrogens with zero attached hydrogens (tertiary/aromatic N) is 2. The number of rotatable bonds is 3. The molecule has 66 valence electrons. The van der Waals surface area contributed by atoms with Crippen molar-refractivity contribution in [2.45, 2.75) is 39.0 Å². The average Bonchev–Trinajstić information content (AvgIpc) is 2.66. The van der Waals surface area contributed by atoms with Crippen LogP contribution in [0.2, 0.25) is 0 Å². The monoisotopic (exact) mass is 166 g/mol. The molecule has 0 spiro atoms. The van der Waals surface area contributed by atoms with Crippen LogP contribution in [0.25, 0.3) is 0 Å². The molecule has 1 aromatic heterocycles. The molecule has 0 aromatic carbocycles. The van der Waals surface area contributed by atoms with E-state index in [4.69, 9.17) is 4.52 Å². The second-order valence-corrected chi connectivity index (χ2v) is 3.85. The SMILES string of the molecule is CC(C)c1noc(CC2CC2)n1. The summed E-state index contributed by atoms with van der Waals surface area (Å²) in [5.74, 6) is 2.86. The van der Waals surface area contributed by atoms with E-state index in [1.54, 1.807) is 0 Å². The third kappa shape index (κ3) is 1.65. The Morgan fingerprint density at radius 2 is 2.25 bits per heavy atom. The standard InChI is InChI=1S/C9H14N2O/c1-6(2)9-10-8(12-11-9)5-7-3-4-7/h6-7H,3-5H2,1-2H3. The van der Waals surface area contributed by atoms with Gasteiger partial charge in [-0.1, -0.05) is 19.0 Å². The van der Waals surface area contributed by atoms with Crippen LogP contribution >= 0.6 is 0 Å². The molecular formula is C9H14N2O. The molecule has 2 rings (SSSR count). The number of hydrogen-bond donors (Lipinski definition) is 0. The normalized spacial score (nSPS) is 17.2. The van der Waals surface area contributed by atoms with Crippen LogP contribution < -0.4 is 0 Å². The topological polar surface area (TPSA) is 38.9 Å². The van der Waals surface area contributed by atoms with Gasteiger partial charge in [-0.15, -0.1) is 0 Å². The van der Waals surface area contributed by atoms with Crippen molar-refractivity contribution in [1.29, 1.82) is 0 Å². The molecule has 0 unspecified atom stereocenters. The highest BCUT2D eigenvalue weighted by atomic mass is 16.5. The van der Waals surface area contributed by atoms with Crippen molar-refractivity contribution in [1.82, 2.24) is 10.1 Å². The molecule has 1 saturated carbocycles. The third-order valence-corrected chi connectivity index (χ3v) is 2.16. The molecular weight excluding hydrogens is 152 g/mol. The van der Waals surface area contributed by atoms with E-state index in [-0.39, 0.29) is 0 Å². The van der Waals surface area contributed by atoms with Crippen LogP contribution in [0, 0.1) is 5.92 Å². The van der Waals surface area contributed by atoms with Crippen LogP contribution in [-0.2, 0) is 6.42 Å². The van der Waals surface area contributed by atoms with E-state index in [1.807, 2.05) is 0 Å². The third-order valence-electron chi connectivity index (χ3n) is 2.16. The molecule has 1 heterocycles. The summed E-state index contributed by atoms with van der Waals surface area (Å²) in [6.07, 6.45) is 3.65. The minimum atomic E-state index is 0.377. The summed E-state index contributed by atoms with van der Waals surface area (Å²) in [5, 5.41) is 3.91. The van der Waals surface area contributed by atoms with Crippen molar-refractivity contribution < 1.29 is 4.52 Å². The molecule has 3 nitrogen and oxygen atoms in total. The van der Waals surface area contributed by atoms with Crippen LogP contribution in [0.3, 0.4) is 0 Å². The molecule has 0 radical (unpaired) electrons. The zero-order valence-corrected chi connectivity index (χ0v) is 7.58. The van der Waals surface area contributed by atoms with Crippen molar-refractivity contribution in [3.05, 3.63) is 11.7 Å². The van der Waals surface area contributed by atoms with E-state index in [2.05, 4.69) is 24.0 Å². The van der Waals surface area contributed by atoms with Gasteiger partial charge in [0.25, 0.3) is 0 Å². The number of aromatic nitrogens is 2. The van der Waals surface area contributed by atoms with E-state index in [0.717, 1.165) is 24.1 Å². The first kappa shape index (κ1) is 7.77. The van der Waals surface area contributed by atoms with Gasteiger partial charge in [-0.25, -0.2) is 0 Å². The predicted octanol–water partition coefficient (Wildman–Crippen LogP) is 2.15. The van der Waals surface area contributed by atoms with E-state index in [0.29, 0.717) is 5.92 Å². The van der Waals surface area contributed by atoms with E-state index < -0.39 is 0 Å². The van der Waals surface area contributed by atoms with Gasteiger partial charge in [0, 0.05) is 12.3 Å². The molecule has 0 bridgehead atoms. The Bertz CT molecular complexity index is 263. The fourth-order valence-electron chi connectivity index (χ4n) is 1.15. The van der Waals surface area contributed by atoms with Crippen molar-refractivity contribution in [2.24, 2.45) is 5.92 Å². The van der Waals surface area contributed by atoms with Crippen LogP contribution in [0.4, 0.5) is 0 Å². The fourth-order valence-corrected chi connectivity index (χ4v) is 1.15. The second kappa shape index (κ2) is 2.88. The summed E-state index contributed by atoms with van der Waals surface area (Å²) in [6, 6.07) is 0. The van der Waals surface area contributed by atoms with E-state index in [9.17, 15) is 0 Å². The lowest BCUT2D eigenvalue weighted by Crippen LogP contribution is -1.91. The maximum Gasteiger partial charge on any atom is 0.226 e. The highest BCUT2D eigenvalue weighted by Gasteiger charge is 2.24. The van der Waals surface area contributed by atoms with Crippen LogP contribution in [-0.4, -0.2) is 10.1 Å². The van der Waals surface area contributed by atoms with Gasteiger partial charge in [0.2, 0.25) is 5.89 Å². The molecule has 0 atom stereocenters. The minimum Gasteiger partial charge on any atom is -0.339 e. The maximum absolute atomic E-state index is 5.12. The fraction of sp³-hybridized carbons (Fsp3) is 0.778. The van der Waals surface area contributed by atoms with Gasteiger partial charge in [-0.2, -0.15) is 4.98 Å². The Balaban J connectivity index is 2.02. The molecule has 1 aliphatic carbocycles. The van der Waals surface area contributed by atoms with Crippen molar-refractivity contribution in [2.75, 3.05) is 0 Å². The Labute approximate surface area is 72.2 Å². The highest BCUT2D eigenvalue weighted by molar-refractivity contribution is 4.94. The van der Waals surface area contributed by atoms with Crippen molar-refractivity contribution >= 4 is 0 Å². The highest BCUT2D eigenvalue weighted by Crippen LogP contribution is 2.32. The summed E-state index contributed by atoms with van der Waals surface area (Å²) in [5.41, 5.74) is 0. The van der Waals surface area contributed by atoms with Crippen LogP contribution in [0.5, 0.6) is 0 Å². The summed E-state index contributed by atoms with van der Waals surface area (Å²) in [4.78, 5) is 4.31. The van der Waals surface area contributed by atoms with Gasteiger partial charge in [0.1, 0.15) is 0 Å². The first-order chi connectivity index (χ1) is 5.75. The van der Waals surface area contributed by atoms with Crippen molar-refractivity contribution in [3.8, 4) is 0 Å². The summed E-state index contributed by atoms with van der Waals surface area (Å²) in [6.45, 7) is 4.15. The Kier molecular flexibility index (Phi) is 1.87. The van der Waals surface area contributed by atoms with Gasteiger partial charge >= 0.3 is 0 Å². The van der Waals surface area contributed by atoms with Crippen LogP contribution in [0.15, 0.2) is 4.52 Å². The lowest BCUT2D eigenvalue weighted by atomic mass is 10.2. The van der Waals surface area contributed by atoms with Gasteiger partial charge in [-0.05, 0) is 18.8 Å². The first-order valence-electron chi connectivity index (χ1n) is 4.58. The summed E-state index contributed by atoms with van der Waals surface area (Å²) < 4.78 is 5.12. The van der Waals surface area contributed by atoms with E-state index >= 15 is 0 Å². The van der Waals surface area contributed by atoms with Gasteiger partial charge in [0.05, 0.1) is 0 Å². The quantitative estimate of drug-likeness (QED) is 0.690. The molecule has 12 heavy (non-hydrogen) atoms. The molecule has 1 fully saturated rings. The summed E-state index contributed by atoms with van der Waals surface area (Å²) >= 11 is 0. The minimum absolute atomic E-state index is 0.377. The zero-order valence-electron chi connectivity index (χ0n) is 7.58. The zero-order chi connectivity index (χ0) is 8.55. The van der Waals surface area contributed by atoms with Gasteiger partial charge in [-0.3, -0.25) is 0 Å². The second-order valence-electron chi connectivity index (χ2n) is 3.85. The molecule has 0 aliphatic heterocycles.